The molecule has 0 saturated heterocycles. The Kier molecular flexibility index (Phi) is 3.69. The molecule has 0 aliphatic carbocycles. The van der Waals surface area contributed by atoms with Gasteiger partial charge in [-0.15, -0.1) is 0 Å². The highest BCUT2D eigenvalue weighted by Crippen LogP contribution is 2.28. The normalized spacial score (nSPS) is 12.5. The van der Waals surface area contributed by atoms with E-state index in [0.29, 0.717) is 10.6 Å². The summed E-state index contributed by atoms with van der Waals surface area (Å²) in [5, 5.41) is 9.02. The van der Waals surface area contributed by atoms with E-state index in [2.05, 4.69) is 4.98 Å². The number of pyridine rings is 1. The predicted molar refractivity (Wildman–Crippen MR) is 53.4 cm³/mol. The first-order chi connectivity index (χ1) is 6.52. The maximum absolute atomic E-state index is 10.4. The number of aromatic nitrogens is 1. The summed E-state index contributed by atoms with van der Waals surface area (Å²) in [4.78, 5) is 14.2. The van der Waals surface area contributed by atoms with Gasteiger partial charge < -0.3 is 10.8 Å². The molecule has 1 heterocycles. The highest BCUT2D eigenvalue weighted by atomic mass is 35.5. The molecule has 0 aromatic carbocycles. The third-order valence-electron chi connectivity index (χ3n) is 1.65. The van der Waals surface area contributed by atoms with Gasteiger partial charge in [0.1, 0.15) is 5.15 Å². The van der Waals surface area contributed by atoms with Gasteiger partial charge in [0.25, 0.3) is 0 Å². The Bertz CT molecular complexity index is 337. The molecular formula is C8H8Cl2N2O2. The van der Waals surface area contributed by atoms with E-state index in [1.54, 1.807) is 0 Å². The minimum Gasteiger partial charge on any atom is -0.481 e. The molecule has 0 radical (unpaired) electrons. The zero-order valence-corrected chi connectivity index (χ0v) is 8.59. The summed E-state index contributed by atoms with van der Waals surface area (Å²) in [6.45, 7) is 0. The topological polar surface area (TPSA) is 76.2 Å². The second-order valence-electron chi connectivity index (χ2n) is 2.70. The molecule has 14 heavy (non-hydrogen) atoms. The van der Waals surface area contributed by atoms with Gasteiger partial charge in [0, 0.05) is 22.8 Å². The first-order valence-corrected chi connectivity index (χ1v) is 4.55. The zero-order chi connectivity index (χ0) is 10.7. The SMILES string of the molecule is NC(CC(=O)O)c1c(Cl)ccnc1Cl. The standard InChI is InChI=1S/C8H8Cl2N2O2/c9-4-1-2-12-8(10)7(4)5(11)3-6(13)14/h1-2,5H,3,11H2,(H,13,14). The second-order valence-corrected chi connectivity index (χ2v) is 3.47. The summed E-state index contributed by atoms with van der Waals surface area (Å²) in [6.07, 6.45) is 1.20. The lowest BCUT2D eigenvalue weighted by Crippen LogP contribution is -2.16. The quantitative estimate of drug-likeness (QED) is 0.784. The molecule has 0 aliphatic heterocycles. The molecule has 0 amide bonds. The summed E-state index contributed by atoms with van der Waals surface area (Å²) in [5.41, 5.74) is 5.98. The monoisotopic (exact) mass is 234 g/mol. The van der Waals surface area contributed by atoms with E-state index in [1.165, 1.54) is 12.3 Å². The largest absolute Gasteiger partial charge is 0.481 e. The molecule has 6 heteroatoms. The van der Waals surface area contributed by atoms with Crippen LogP contribution in [-0.4, -0.2) is 16.1 Å². The fourth-order valence-corrected chi connectivity index (χ4v) is 1.68. The Hall–Kier alpha value is -0.840. The summed E-state index contributed by atoms with van der Waals surface area (Å²) < 4.78 is 0. The Morgan fingerprint density at radius 2 is 2.29 bits per heavy atom. The number of rotatable bonds is 3. The molecule has 3 N–H and O–H groups in total. The average Bonchev–Trinajstić information content (AvgIpc) is 2.01. The average molecular weight is 235 g/mol. The van der Waals surface area contributed by atoms with Gasteiger partial charge in [0.2, 0.25) is 0 Å². The molecule has 0 fully saturated rings. The van der Waals surface area contributed by atoms with Crippen LogP contribution < -0.4 is 5.73 Å². The Morgan fingerprint density at radius 3 is 2.79 bits per heavy atom. The first kappa shape index (κ1) is 11.2. The van der Waals surface area contributed by atoms with Crippen LogP contribution in [0, 0.1) is 0 Å². The van der Waals surface area contributed by atoms with Gasteiger partial charge in [0.15, 0.2) is 0 Å². The van der Waals surface area contributed by atoms with Crippen LogP contribution in [0.3, 0.4) is 0 Å². The molecule has 1 unspecified atom stereocenters. The van der Waals surface area contributed by atoms with E-state index in [1.807, 2.05) is 0 Å². The van der Waals surface area contributed by atoms with Gasteiger partial charge >= 0.3 is 5.97 Å². The molecule has 0 bridgehead atoms. The molecule has 0 spiro atoms. The van der Waals surface area contributed by atoms with E-state index in [4.69, 9.17) is 34.0 Å². The summed E-state index contributed by atoms with van der Waals surface area (Å²) in [6, 6.07) is 0.783. The van der Waals surface area contributed by atoms with Crippen LogP contribution in [0.15, 0.2) is 12.3 Å². The molecule has 0 aliphatic rings. The van der Waals surface area contributed by atoms with Crippen LogP contribution in [-0.2, 0) is 4.79 Å². The van der Waals surface area contributed by atoms with Crippen molar-refractivity contribution in [2.45, 2.75) is 12.5 Å². The van der Waals surface area contributed by atoms with E-state index >= 15 is 0 Å². The maximum Gasteiger partial charge on any atom is 0.305 e. The van der Waals surface area contributed by atoms with Crippen molar-refractivity contribution in [3.05, 3.63) is 28.0 Å². The molecule has 4 nitrogen and oxygen atoms in total. The summed E-state index contributed by atoms with van der Waals surface area (Å²) in [7, 11) is 0. The van der Waals surface area contributed by atoms with E-state index in [0.717, 1.165) is 0 Å². The molecule has 0 saturated carbocycles. The lowest BCUT2D eigenvalue weighted by atomic mass is 10.1. The predicted octanol–water partition coefficient (Wildman–Crippen LogP) is 1.86. The number of carboxylic acids is 1. The third kappa shape index (κ3) is 2.57. The molecule has 76 valence electrons. The van der Waals surface area contributed by atoms with Gasteiger partial charge in [-0.1, -0.05) is 23.2 Å². The highest BCUT2D eigenvalue weighted by molar-refractivity contribution is 6.35. The fraction of sp³-hybridized carbons (Fsp3) is 0.250. The van der Waals surface area contributed by atoms with Crippen molar-refractivity contribution >= 4 is 29.2 Å². The number of hydrogen-bond donors (Lipinski definition) is 2. The first-order valence-electron chi connectivity index (χ1n) is 3.79. The van der Waals surface area contributed by atoms with Gasteiger partial charge in [-0.05, 0) is 6.07 Å². The fourth-order valence-electron chi connectivity index (χ4n) is 1.05. The Balaban J connectivity index is 2.99. The summed E-state index contributed by atoms with van der Waals surface area (Å²) >= 11 is 11.5. The van der Waals surface area contributed by atoms with Crippen LogP contribution in [0.2, 0.25) is 10.2 Å². The molecule has 1 atom stereocenters. The number of halogens is 2. The van der Waals surface area contributed by atoms with Gasteiger partial charge in [0.05, 0.1) is 6.42 Å². The van der Waals surface area contributed by atoms with Crippen molar-refractivity contribution in [2.24, 2.45) is 5.73 Å². The van der Waals surface area contributed by atoms with Crippen molar-refractivity contribution in [1.29, 1.82) is 0 Å². The third-order valence-corrected chi connectivity index (χ3v) is 2.28. The minimum atomic E-state index is -1.01. The van der Waals surface area contributed by atoms with Crippen molar-refractivity contribution in [1.82, 2.24) is 4.98 Å². The number of nitrogens with zero attached hydrogens (tertiary/aromatic N) is 1. The second kappa shape index (κ2) is 4.59. The number of carbonyl (C=O) groups is 1. The van der Waals surface area contributed by atoms with Gasteiger partial charge in [-0.25, -0.2) is 4.98 Å². The number of carboxylic acid groups (broad SMARTS) is 1. The van der Waals surface area contributed by atoms with E-state index < -0.39 is 12.0 Å². The molecule has 1 aromatic rings. The smallest absolute Gasteiger partial charge is 0.305 e. The Morgan fingerprint density at radius 1 is 1.64 bits per heavy atom. The Labute approximate surface area is 90.6 Å². The number of hydrogen-bond acceptors (Lipinski definition) is 3. The van der Waals surface area contributed by atoms with Crippen LogP contribution in [0.5, 0.6) is 0 Å². The van der Waals surface area contributed by atoms with Crippen LogP contribution in [0.4, 0.5) is 0 Å². The van der Waals surface area contributed by atoms with Crippen LogP contribution in [0.25, 0.3) is 0 Å². The van der Waals surface area contributed by atoms with Crippen molar-refractivity contribution in [3.8, 4) is 0 Å². The molecular weight excluding hydrogens is 227 g/mol. The van der Waals surface area contributed by atoms with E-state index in [9.17, 15) is 4.79 Å². The van der Waals surface area contributed by atoms with Crippen LogP contribution in [0.1, 0.15) is 18.0 Å². The van der Waals surface area contributed by atoms with Crippen LogP contribution >= 0.6 is 23.2 Å². The summed E-state index contributed by atoms with van der Waals surface area (Å²) in [5.74, 6) is -1.01. The van der Waals surface area contributed by atoms with Crippen molar-refractivity contribution in [2.75, 3.05) is 0 Å². The maximum atomic E-state index is 10.4. The van der Waals surface area contributed by atoms with E-state index in [-0.39, 0.29) is 11.6 Å². The lowest BCUT2D eigenvalue weighted by molar-refractivity contribution is -0.137. The van der Waals surface area contributed by atoms with Gasteiger partial charge in [-0.3, -0.25) is 4.79 Å². The number of aliphatic carboxylic acids is 1. The number of nitrogens with two attached hydrogens (primary N) is 1. The zero-order valence-electron chi connectivity index (χ0n) is 7.08. The molecule has 1 rings (SSSR count). The molecule has 1 aromatic heterocycles. The van der Waals surface area contributed by atoms with Gasteiger partial charge in [-0.2, -0.15) is 0 Å². The van der Waals surface area contributed by atoms with Crippen molar-refractivity contribution in [3.63, 3.8) is 0 Å². The van der Waals surface area contributed by atoms with Crippen molar-refractivity contribution < 1.29 is 9.90 Å². The minimum absolute atomic E-state index is 0.145. The lowest BCUT2D eigenvalue weighted by Gasteiger charge is -2.11. The highest BCUT2D eigenvalue weighted by Gasteiger charge is 2.17.